The van der Waals surface area contributed by atoms with Crippen LogP contribution < -0.4 is 10.5 Å². The van der Waals surface area contributed by atoms with Gasteiger partial charge in [-0.2, -0.15) is 0 Å². The third-order valence-electron chi connectivity index (χ3n) is 2.74. The summed E-state index contributed by atoms with van der Waals surface area (Å²) in [6, 6.07) is 7.30. The van der Waals surface area contributed by atoms with Crippen LogP contribution in [0.4, 0.5) is 15.8 Å². The molecule has 0 radical (unpaired) electrons. The molecule has 0 amide bonds. The fourth-order valence-corrected chi connectivity index (χ4v) is 2.81. The zero-order valence-electron chi connectivity index (χ0n) is 10.6. The number of hydrogen-bond donors (Lipinski definition) is 3. The molecule has 0 bridgehead atoms. The molecule has 4 N–H and O–H groups in total. The minimum absolute atomic E-state index is 0.0382. The zero-order valence-corrected chi connectivity index (χ0v) is 11.4. The van der Waals surface area contributed by atoms with E-state index in [2.05, 4.69) is 4.72 Å². The molecule has 0 aliphatic rings. The van der Waals surface area contributed by atoms with Crippen LogP contribution in [0.15, 0.2) is 41.3 Å². The minimum atomic E-state index is -3.85. The number of hydrogen-bond acceptors (Lipinski definition) is 4. The molecule has 20 heavy (non-hydrogen) atoms. The summed E-state index contributed by atoms with van der Waals surface area (Å²) in [6.07, 6.45) is 0. The second kappa shape index (κ2) is 5.01. The van der Waals surface area contributed by atoms with Crippen molar-refractivity contribution in [1.82, 2.24) is 0 Å². The molecule has 2 aromatic carbocycles. The molecule has 0 aromatic heterocycles. The Kier molecular flexibility index (Phi) is 3.54. The van der Waals surface area contributed by atoms with Crippen molar-refractivity contribution >= 4 is 21.4 Å². The first-order valence-electron chi connectivity index (χ1n) is 5.67. The first-order chi connectivity index (χ1) is 9.29. The van der Waals surface area contributed by atoms with Gasteiger partial charge in [0.2, 0.25) is 0 Å². The fourth-order valence-electron chi connectivity index (χ4n) is 1.65. The normalized spacial score (nSPS) is 11.3. The standard InChI is InChI=1S/C13H13FN2O3S/c1-8-6-9(14)2-4-12(8)16-20(18,19)10-3-5-13(17)11(15)7-10/h2-7,16-17H,15H2,1H3. The SMILES string of the molecule is Cc1cc(F)ccc1NS(=O)(=O)c1ccc(O)c(N)c1. The number of halogens is 1. The molecule has 0 unspecified atom stereocenters. The number of aromatic hydroxyl groups is 1. The van der Waals surface area contributed by atoms with Gasteiger partial charge in [-0.1, -0.05) is 0 Å². The topological polar surface area (TPSA) is 92.4 Å². The van der Waals surface area contributed by atoms with Crippen molar-refractivity contribution in [2.45, 2.75) is 11.8 Å². The lowest BCUT2D eigenvalue weighted by Crippen LogP contribution is -2.14. The first kappa shape index (κ1) is 14.1. The summed E-state index contributed by atoms with van der Waals surface area (Å²) in [5.41, 5.74) is 6.17. The van der Waals surface area contributed by atoms with Crippen molar-refractivity contribution in [3.63, 3.8) is 0 Å². The van der Waals surface area contributed by atoms with Crippen LogP contribution in [0, 0.1) is 12.7 Å². The lowest BCUT2D eigenvalue weighted by Gasteiger charge is -2.11. The summed E-state index contributed by atoms with van der Waals surface area (Å²) in [4.78, 5) is -0.0866. The van der Waals surface area contributed by atoms with Crippen molar-refractivity contribution in [2.75, 3.05) is 10.5 Å². The van der Waals surface area contributed by atoms with Gasteiger partial charge in [-0.3, -0.25) is 4.72 Å². The third-order valence-corrected chi connectivity index (χ3v) is 4.11. The Balaban J connectivity index is 2.38. The van der Waals surface area contributed by atoms with Crippen molar-refractivity contribution in [3.05, 3.63) is 47.8 Å². The van der Waals surface area contributed by atoms with Crippen molar-refractivity contribution in [1.29, 1.82) is 0 Å². The Morgan fingerprint density at radius 2 is 1.90 bits per heavy atom. The fraction of sp³-hybridized carbons (Fsp3) is 0.0769. The lowest BCUT2D eigenvalue weighted by atomic mass is 10.2. The second-order valence-corrected chi connectivity index (χ2v) is 5.97. The van der Waals surface area contributed by atoms with Crippen LogP contribution in [0.2, 0.25) is 0 Å². The van der Waals surface area contributed by atoms with Crippen LogP contribution in [0.25, 0.3) is 0 Å². The summed E-state index contributed by atoms with van der Waals surface area (Å²) in [6.45, 7) is 1.59. The number of rotatable bonds is 3. The molecule has 5 nitrogen and oxygen atoms in total. The number of aryl methyl sites for hydroxylation is 1. The monoisotopic (exact) mass is 296 g/mol. The highest BCUT2D eigenvalue weighted by Crippen LogP contribution is 2.25. The van der Waals surface area contributed by atoms with Crippen LogP contribution in [-0.2, 0) is 10.0 Å². The molecule has 106 valence electrons. The molecule has 0 saturated carbocycles. The minimum Gasteiger partial charge on any atom is -0.506 e. The largest absolute Gasteiger partial charge is 0.506 e. The lowest BCUT2D eigenvalue weighted by molar-refractivity contribution is 0.477. The third kappa shape index (κ3) is 2.83. The van der Waals surface area contributed by atoms with Crippen LogP contribution in [-0.4, -0.2) is 13.5 Å². The van der Waals surface area contributed by atoms with Crippen LogP contribution in [0.1, 0.15) is 5.56 Å². The molecule has 0 aliphatic carbocycles. The highest BCUT2D eigenvalue weighted by molar-refractivity contribution is 7.92. The molecule has 7 heteroatoms. The van der Waals surface area contributed by atoms with Gasteiger partial charge in [-0.25, -0.2) is 12.8 Å². The van der Waals surface area contributed by atoms with Gasteiger partial charge < -0.3 is 10.8 Å². The van der Waals surface area contributed by atoms with E-state index in [0.29, 0.717) is 5.56 Å². The second-order valence-electron chi connectivity index (χ2n) is 4.29. The molecule has 0 saturated heterocycles. The van der Waals surface area contributed by atoms with E-state index in [0.717, 1.165) is 12.1 Å². The Hall–Kier alpha value is -2.28. The van der Waals surface area contributed by atoms with Gasteiger partial charge in [0.05, 0.1) is 16.3 Å². The van der Waals surface area contributed by atoms with E-state index in [1.807, 2.05) is 0 Å². The van der Waals surface area contributed by atoms with E-state index in [4.69, 9.17) is 5.73 Å². The highest BCUT2D eigenvalue weighted by atomic mass is 32.2. The maximum Gasteiger partial charge on any atom is 0.261 e. The van der Waals surface area contributed by atoms with Crippen molar-refractivity contribution < 1.29 is 17.9 Å². The number of phenolic OH excluding ortho intramolecular Hbond substituents is 1. The van der Waals surface area contributed by atoms with E-state index in [1.54, 1.807) is 6.92 Å². The van der Waals surface area contributed by atoms with E-state index in [9.17, 15) is 17.9 Å². The number of anilines is 2. The van der Waals surface area contributed by atoms with Gasteiger partial charge in [0.25, 0.3) is 10.0 Å². The molecular formula is C13H13FN2O3S. The molecule has 2 aromatic rings. The Morgan fingerprint density at radius 3 is 2.50 bits per heavy atom. The smallest absolute Gasteiger partial charge is 0.261 e. The van der Waals surface area contributed by atoms with Crippen molar-refractivity contribution in [2.24, 2.45) is 0 Å². The Morgan fingerprint density at radius 1 is 1.20 bits per heavy atom. The molecular weight excluding hydrogens is 283 g/mol. The van der Waals surface area contributed by atoms with Gasteiger partial charge in [-0.15, -0.1) is 0 Å². The molecule has 0 heterocycles. The van der Waals surface area contributed by atoms with E-state index in [-0.39, 0.29) is 22.0 Å². The van der Waals surface area contributed by atoms with Crippen molar-refractivity contribution in [3.8, 4) is 5.75 Å². The summed E-state index contributed by atoms with van der Waals surface area (Å²) in [5, 5.41) is 9.29. The summed E-state index contributed by atoms with van der Waals surface area (Å²) in [7, 11) is -3.85. The van der Waals surface area contributed by atoms with Crippen LogP contribution >= 0.6 is 0 Å². The molecule has 0 aliphatic heterocycles. The predicted molar refractivity (Wildman–Crippen MR) is 74.5 cm³/mol. The first-order valence-corrected chi connectivity index (χ1v) is 7.15. The number of nitrogens with two attached hydrogens (primary N) is 1. The summed E-state index contributed by atoms with van der Waals surface area (Å²) in [5.74, 6) is -0.638. The Bertz CT molecular complexity index is 760. The maximum atomic E-state index is 13.0. The number of nitrogens with one attached hydrogen (secondary N) is 1. The molecule has 0 atom stereocenters. The number of nitrogen functional groups attached to an aromatic ring is 1. The van der Waals surface area contributed by atoms with Crippen LogP contribution in [0.3, 0.4) is 0 Å². The zero-order chi connectivity index (χ0) is 14.9. The van der Waals surface area contributed by atoms with Gasteiger partial charge in [-0.05, 0) is 48.9 Å². The summed E-state index contributed by atoms with van der Waals surface area (Å²) >= 11 is 0. The van der Waals surface area contributed by atoms with E-state index in [1.165, 1.54) is 24.3 Å². The maximum absolute atomic E-state index is 13.0. The average molecular weight is 296 g/mol. The molecule has 0 spiro atoms. The number of phenols is 1. The van der Waals surface area contributed by atoms with Gasteiger partial charge >= 0.3 is 0 Å². The van der Waals surface area contributed by atoms with E-state index >= 15 is 0 Å². The summed E-state index contributed by atoms with van der Waals surface area (Å²) < 4.78 is 39.6. The predicted octanol–water partition coefficient (Wildman–Crippen LogP) is 2.22. The highest BCUT2D eigenvalue weighted by Gasteiger charge is 2.16. The Labute approximate surface area is 115 Å². The van der Waals surface area contributed by atoms with Crippen LogP contribution in [0.5, 0.6) is 5.75 Å². The van der Waals surface area contributed by atoms with Gasteiger partial charge in [0.15, 0.2) is 0 Å². The molecule has 0 fully saturated rings. The van der Waals surface area contributed by atoms with Gasteiger partial charge in [0, 0.05) is 0 Å². The quantitative estimate of drug-likeness (QED) is 0.598. The van der Waals surface area contributed by atoms with E-state index < -0.39 is 15.8 Å². The molecule has 2 rings (SSSR count). The number of sulfonamides is 1. The number of benzene rings is 2. The average Bonchev–Trinajstić information content (AvgIpc) is 2.36. The van der Waals surface area contributed by atoms with Gasteiger partial charge in [0.1, 0.15) is 11.6 Å².